The second kappa shape index (κ2) is 7.40. The molecule has 0 aliphatic carbocycles. The first-order valence-electron chi connectivity index (χ1n) is 6.35. The number of halogens is 2. The molecule has 2 aromatic rings. The largest absolute Gasteiger partial charge is 0.322 e. The molecule has 2 N–H and O–H groups in total. The Labute approximate surface area is 132 Å². The van der Waals surface area contributed by atoms with E-state index in [1.807, 2.05) is 7.05 Å². The van der Waals surface area contributed by atoms with Gasteiger partial charge >= 0.3 is 0 Å². The monoisotopic (exact) mass is 327 g/mol. The van der Waals surface area contributed by atoms with Crippen molar-refractivity contribution in [1.29, 1.82) is 0 Å². The molecule has 21 heavy (non-hydrogen) atoms. The van der Waals surface area contributed by atoms with Gasteiger partial charge in [-0.1, -0.05) is 29.3 Å². The lowest BCUT2D eigenvalue weighted by Crippen LogP contribution is -2.29. The molecule has 1 heterocycles. The number of aromatic nitrogens is 3. The van der Waals surface area contributed by atoms with E-state index in [-0.39, 0.29) is 12.5 Å². The summed E-state index contributed by atoms with van der Waals surface area (Å²) < 4.78 is 1.64. The summed E-state index contributed by atoms with van der Waals surface area (Å²) in [5, 5.41) is 10.7. The number of nitrogens with zero attached hydrogens (tertiary/aromatic N) is 3. The summed E-state index contributed by atoms with van der Waals surface area (Å²) in [5.74, 6) is 0.526. The van der Waals surface area contributed by atoms with Crippen LogP contribution in [0.4, 0.5) is 5.69 Å². The zero-order valence-electron chi connectivity index (χ0n) is 11.4. The maximum atomic E-state index is 11.8. The number of anilines is 1. The van der Waals surface area contributed by atoms with Crippen molar-refractivity contribution in [1.82, 2.24) is 20.1 Å². The predicted molar refractivity (Wildman–Crippen MR) is 82.7 cm³/mol. The molecule has 0 fully saturated rings. The summed E-state index contributed by atoms with van der Waals surface area (Å²) >= 11 is 12.0. The van der Waals surface area contributed by atoms with E-state index in [9.17, 15) is 4.79 Å². The Kier molecular flexibility index (Phi) is 5.55. The van der Waals surface area contributed by atoms with Crippen LogP contribution in [0.15, 0.2) is 24.5 Å². The molecule has 1 amide bonds. The van der Waals surface area contributed by atoms with Gasteiger partial charge in [-0.15, -0.1) is 0 Å². The third-order valence-corrected chi connectivity index (χ3v) is 3.32. The Hall–Kier alpha value is -1.63. The van der Waals surface area contributed by atoms with E-state index in [0.29, 0.717) is 28.7 Å². The van der Waals surface area contributed by atoms with E-state index in [1.54, 1.807) is 29.2 Å². The van der Waals surface area contributed by atoms with Crippen LogP contribution in [0, 0.1) is 0 Å². The first-order chi connectivity index (χ1) is 10.1. The molecule has 112 valence electrons. The van der Waals surface area contributed by atoms with E-state index in [2.05, 4.69) is 20.7 Å². The zero-order chi connectivity index (χ0) is 15.2. The molecule has 0 bridgehead atoms. The number of aryl methyl sites for hydroxylation is 1. The van der Waals surface area contributed by atoms with Gasteiger partial charge in [-0.25, -0.2) is 4.98 Å². The van der Waals surface area contributed by atoms with Crippen molar-refractivity contribution in [2.24, 2.45) is 7.05 Å². The standard InChI is InChI=1S/C13H15Cl2N5O/c1-20-8-17-11(19-20)5-6-16-7-12(21)18-13-9(14)3-2-4-10(13)15/h2-4,8,16H,5-7H2,1H3,(H,18,21). The number of nitrogens with one attached hydrogen (secondary N) is 2. The van der Waals surface area contributed by atoms with Gasteiger partial charge in [-0.3, -0.25) is 9.48 Å². The van der Waals surface area contributed by atoms with Gasteiger partial charge < -0.3 is 10.6 Å². The molecule has 0 saturated heterocycles. The van der Waals surface area contributed by atoms with E-state index in [0.717, 1.165) is 5.82 Å². The zero-order valence-corrected chi connectivity index (χ0v) is 12.9. The van der Waals surface area contributed by atoms with Gasteiger partial charge in [0.2, 0.25) is 5.91 Å². The molecule has 0 aliphatic rings. The highest BCUT2D eigenvalue weighted by atomic mass is 35.5. The fourth-order valence-electron chi connectivity index (χ4n) is 1.70. The van der Waals surface area contributed by atoms with Crippen molar-refractivity contribution < 1.29 is 4.79 Å². The van der Waals surface area contributed by atoms with Crippen molar-refractivity contribution >= 4 is 34.8 Å². The Balaban J connectivity index is 1.75. The topological polar surface area (TPSA) is 71.8 Å². The quantitative estimate of drug-likeness (QED) is 0.795. The smallest absolute Gasteiger partial charge is 0.238 e. The Morgan fingerprint density at radius 2 is 2.05 bits per heavy atom. The minimum Gasteiger partial charge on any atom is -0.322 e. The number of hydrogen-bond acceptors (Lipinski definition) is 4. The average Bonchev–Trinajstić information content (AvgIpc) is 2.85. The first-order valence-corrected chi connectivity index (χ1v) is 7.11. The normalized spacial score (nSPS) is 10.6. The van der Waals surface area contributed by atoms with Gasteiger partial charge in [0.05, 0.1) is 22.3 Å². The second-order valence-electron chi connectivity index (χ2n) is 4.41. The maximum absolute atomic E-state index is 11.8. The summed E-state index contributed by atoms with van der Waals surface area (Å²) in [4.78, 5) is 15.9. The van der Waals surface area contributed by atoms with Gasteiger partial charge in [0.1, 0.15) is 6.33 Å². The van der Waals surface area contributed by atoms with Gasteiger partial charge in [0.15, 0.2) is 5.82 Å². The fourth-order valence-corrected chi connectivity index (χ4v) is 2.19. The highest BCUT2D eigenvalue weighted by Gasteiger charge is 2.09. The van der Waals surface area contributed by atoms with Crippen LogP contribution in [-0.2, 0) is 18.3 Å². The molecule has 0 atom stereocenters. The molecule has 0 saturated carbocycles. The molecule has 1 aromatic carbocycles. The van der Waals surface area contributed by atoms with Crippen molar-refractivity contribution in [3.8, 4) is 0 Å². The van der Waals surface area contributed by atoms with Crippen LogP contribution in [0.3, 0.4) is 0 Å². The summed E-state index contributed by atoms with van der Waals surface area (Å²) in [6, 6.07) is 5.06. The lowest BCUT2D eigenvalue weighted by molar-refractivity contribution is -0.115. The van der Waals surface area contributed by atoms with E-state index in [1.165, 1.54) is 0 Å². The number of para-hydroxylation sites is 1. The Bertz CT molecular complexity index is 609. The van der Waals surface area contributed by atoms with Gasteiger partial charge in [0, 0.05) is 20.0 Å². The molecule has 0 aliphatic heterocycles. The minimum atomic E-state index is -0.209. The highest BCUT2D eigenvalue weighted by molar-refractivity contribution is 6.39. The molecule has 6 nitrogen and oxygen atoms in total. The molecule has 2 rings (SSSR count). The minimum absolute atomic E-state index is 0.161. The molecule has 0 radical (unpaired) electrons. The fraction of sp³-hybridized carbons (Fsp3) is 0.308. The number of carbonyl (C=O) groups excluding carboxylic acids is 1. The third-order valence-electron chi connectivity index (χ3n) is 2.69. The second-order valence-corrected chi connectivity index (χ2v) is 5.22. The average molecular weight is 328 g/mol. The van der Waals surface area contributed by atoms with E-state index < -0.39 is 0 Å². The third kappa shape index (κ3) is 4.70. The number of rotatable bonds is 6. The Morgan fingerprint density at radius 1 is 1.33 bits per heavy atom. The van der Waals surface area contributed by atoms with Crippen LogP contribution in [0.5, 0.6) is 0 Å². The molecule has 8 heteroatoms. The van der Waals surface area contributed by atoms with Crippen molar-refractivity contribution in [2.75, 3.05) is 18.4 Å². The molecular weight excluding hydrogens is 313 g/mol. The lowest BCUT2D eigenvalue weighted by Gasteiger charge is -2.09. The number of amides is 1. The number of carbonyl (C=O) groups is 1. The van der Waals surface area contributed by atoms with Crippen LogP contribution in [0.1, 0.15) is 5.82 Å². The van der Waals surface area contributed by atoms with Crippen LogP contribution in [-0.4, -0.2) is 33.8 Å². The van der Waals surface area contributed by atoms with Crippen LogP contribution in [0.25, 0.3) is 0 Å². The van der Waals surface area contributed by atoms with Crippen LogP contribution in [0.2, 0.25) is 10.0 Å². The van der Waals surface area contributed by atoms with Crippen molar-refractivity contribution in [3.63, 3.8) is 0 Å². The molecule has 0 spiro atoms. The lowest BCUT2D eigenvalue weighted by atomic mass is 10.3. The van der Waals surface area contributed by atoms with E-state index >= 15 is 0 Å². The SMILES string of the molecule is Cn1cnc(CCNCC(=O)Nc2c(Cl)cccc2Cl)n1. The number of benzene rings is 1. The van der Waals surface area contributed by atoms with Gasteiger partial charge in [-0.2, -0.15) is 5.10 Å². The molecule has 0 unspecified atom stereocenters. The first kappa shape index (κ1) is 15.8. The van der Waals surface area contributed by atoms with Gasteiger partial charge in [-0.05, 0) is 12.1 Å². The summed E-state index contributed by atoms with van der Waals surface area (Å²) in [5.41, 5.74) is 0.430. The van der Waals surface area contributed by atoms with Crippen LogP contribution < -0.4 is 10.6 Å². The predicted octanol–water partition coefficient (Wildman–Crippen LogP) is 1.89. The van der Waals surface area contributed by atoms with Gasteiger partial charge in [0.25, 0.3) is 0 Å². The summed E-state index contributed by atoms with van der Waals surface area (Å²) in [6.45, 7) is 0.766. The summed E-state index contributed by atoms with van der Waals surface area (Å²) in [7, 11) is 1.81. The van der Waals surface area contributed by atoms with E-state index in [4.69, 9.17) is 23.2 Å². The van der Waals surface area contributed by atoms with Crippen molar-refractivity contribution in [3.05, 3.63) is 40.4 Å². The van der Waals surface area contributed by atoms with Crippen LogP contribution >= 0.6 is 23.2 Å². The highest BCUT2D eigenvalue weighted by Crippen LogP contribution is 2.29. The molecular formula is C13H15Cl2N5O. The Morgan fingerprint density at radius 3 is 2.67 bits per heavy atom. The van der Waals surface area contributed by atoms with Crippen molar-refractivity contribution in [2.45, 2.75) is 6.42 Å². The summed E-state index contributed by atoms with van der Waals surface area (Å²) in [6.07, 6.45) is 2.29. The molecule has 1 aromatic heterocycles. The number of hydrogen-bond donors (Lipinski definition) is 2. The maximum Gasteiger partial charge on any atom is 0.238 e.